The van der Waals surface area contributed by atoms with Crippen molar-refractivity contribution < 1.29 is 0 Å². The van der Waals surface area contributed by atoms with Gasteiger partial charge in [-0.25, -0.2) is 4.98 Å². The molecular weight excluding hydrogens is 412 g/mol. The van der Waals surface area contributed by atoms with Gasteiger partial charge in [0, 0.05) is 29.6 Å². The van der Waals surface area contributed by atoms with Crippen molar-refractivity contribution in [3.8, 4) is 11.4 Å². The van der Waals surface area contributed by atoms with Crippen LogP contribution in [0.3, 0.4) is 0 Å². The summed E-state index contributed by atoms with van der Waals surface area (Å²) in [7, 11) is 0. The summed E-state index contributed by atoms with van der Waals surface area (Å²) < 4.78 is 2.34. The highest BCUT2D eigenvalue weighted by Crippen LogP contribution is 2.45. The Morgan fingerprint density at radius 3 is 2.15 bits per heavy atom. The molecule has 2 aliphatic rings. The molecule has 0 spiro atoms. The molecule has 0 amide bonds. The molecule has 2 aromatic carbocycles. The van der Waals surface area contributed by atoms with Crippen molar-refractivity contribution in [2.24, 2.45) is 17.8 Å². The summed E-state index contributed by atoms with van der Waals surface area (Å²) in [5.74, 6) is 2.36. The van der Waals surface area contributed by atoms with Crippen LogP contribution in [0, 0.1) is 17.8 Å². The fourth-order valence-electron chi connectivity index (χ4n) is 5.32. The van der Waals surface area contributed by atoms with Crippen LogP contribution < -0.4 is 0 Å². The summed E-state index contributed by atoms with van der Waals surface area (Å²) in [6, 6.07) is 21.3. The molecule has 5 rings (SSSR count). The van der Waals surface area contributed by atoms with Gasteiger partial charge in [0.05, 0.1) is 0 Å². The Labute approximate surface area is 204 Å². The third-order valence-corrected chi connectivity index (χ3v) is 7.14. The number of aromatic nitrogens is 2. The summed E-state index contributed by atoms with van der Waals surface area (Å²) in [6.07, 6.45) is 13.4. The highest BCUT2D eigenvalue weighted by Gasteiger charge is 2.30. The molecule has 0 fully saturated rings. The number of hydrogen-bond donors (Lipinski definition) is 0. The van der Waals surface area contributed by atoms with Crippen LogP contribution in [0.1, 0.15) is 46.1 Å². The lowest BCUT2D eigenvalue weighted by molar-refractivity contribution is 0.612. The van der Waals surface area contributed by atoms with Crippen molar-refractivity contribution in [3.63, 3.8) is 0 Å². The van der Waals surface area contributed by atoms with Crippen molar-refractivity contribution in [1.29, 1.82) is 0 Å². The van der Waals surface area contributed by atoms with E-state index in [1.165, 1.54) is 33.6 Å². The SMILES string of the molecule is CC(C)C1=CC(C2=CC=C(c3ccccc3)C2)CC(C(C)C)=C1n1ccnc1-c1ccccc1. The summed E-state index contributed by atoms with van der Waals surface area (Å²) in [4.78, 5) is 4.77. The number of allylic oxidation sites excluding steroid dienone is 8. The Morgan fingerprint density at radius 1 is 0.824 bits per heavy atom. The minimum atomic E-state index is 0.432. The van der Waals surface area contributed by atoms with Gasteiger partial charge in [0.25, 0.3) is 0 Å². The summed E-state index contributed by atoms with van der Waals surface area (Å²) in [5, 5.41) is 0. The second-order valence-electron chi connectivity index (χ2n) is 10.1. The first-order valence-corrected chi connectivity index (χ1v) is 12.5. The largest absolute Gasteiger partial charge is 0.300 e. The van der Waals surface area contributed by atoms with Crippen molar-refractivity contribution in [2.45, 2.75) is 40.5 Å². The average Bonchev–Trinajstić information content (AvgIpc) is 3.54. The van der Waals surface area contributed by atoms with E-state index >= 15 is 0 Å². The van der Waals surface area contributed by atoms with E-state index in [2.05, 4.69) is 117 Å². The molecule has 2 nitrogen and oxygen atoms in total. The van der Waals surface area contributed by atoms with Crippen molar-refractivity contribution in [2.75, 3.05) is 0 Å². The Kier molecular flexibility index (Phi) is 6.24. The van der Waals surface area contributed by atoms with Crippen LogP contribution in [0.4, 0.5) is 0 Å². The fourth-order valence-corrected chi connectivity index (χ4v) is 5.32. The summed E-state index contributed by atoms with van der Waals surface area (Å²) in [6.45, 7) is 9.32. The maximum Gasteiger partial charge on any atom is 0.144 e. The van der Waals surface area contributed by atoms with Crippen molar-refractivity contribution in [3.05, 3.63) is 114 Å². The zero-order valence-electron chi connectivity index (χ0n) is 20.7. The van der Waals surface area contributed by atoms with Gasteiger partial charge in [-0.15, -0.1) is 0 Å². The number of benzene rings is 2. The highest BCUT2D eigenvalue weighted by molar-refractivity contribution is 5.77. The molecular formula is C32H34N2. The van der Waals surface area contributed by atoms with E-state index in [0.717, 1.165) is 24.2 Å². The molecule has 3 aromatic rings. The first-order valence-electron chi connectivity index (χ1n) is 12.5. The van der Waals surface area contributed by atoms with Crippen molar-refractivity contribution in [1.82, 2.24) is 9.55 Å². The monoisotopic (exact) mass is 446 g/mol. The summed E-state index contributed by atoms with van der Waals surface area (Å²) >= 11 is 0. The second kappa shape index (κ2) is 9.46. The molecule has 2 aliphatic carbocycles. The van der Waals surface area contributed by atoms with E-state index in [1.807, 2.05) is 6.20 Å². The molecule has 0 radical (unpaired) electrons. The van der Waals surface area contributed by atoms with Crippen LogP contribution >= 0.6 is 0 Å². The van der Waals surface area contributed by atoms with Gasteiger partial charge in [-0.1, -0.05) is 112 Å². The van der Waals surface area contributed by atoms with E-state index in [0.29, 0.717) is 17.8 Å². The zero-order valence-corrected chi connectivity index (χ0v) is 20.7. The molecule has 1 atom stereocenters. The second-order valence-corrected chi connectivity index (χ2v) is 10.1. The van der Waals surface area contributed by atoms with Gasteiger partial charge in [0.2, 0.25) is 0 Å². The van der Waals surface area contributed by atoms with Gasteiger partial charge in [-0.2, -0.15) is 0 Å². The fraction of sp³-hybridized carbons (Fsp3) is 0.281. The molecule has 0 N–H and O–H groups in total. The molecule has 1 aromatic heterocycles. The lowest BCUT2D eigenvalue weighted by atomic mass is 9.76. The number of rotatable bonds is 6. The molecule has 0 saturated carbocycles. The lowest BCUT2D eigenvalue weighted by Crippen LogP contribution is -2.20. The molecule has 0 aliphatic heterocycles. The van der Waals surface area contributed by atoms with Crippen LogP contribution in [0.15, 0.2) is 108 Å². The van der Waals surface area contributed by atoms with Crippen LogP contribution in [-0.4, -0.2) is 9.55 Å². The first kappa shape index (κ1) is 22.4. The first-order chi connectivity index (χ1) is 16.5. The van der Waals surface area contributed by atoms with Crippen molar-refractivity contribution >= 4 is 11.3 Å². The van der Waals surface area contributed by atoms with Gasteiger partial charge < -0.3 is 0 Å². The average molecular weight is 447 g/mol. The number of nitrogens with zero attached hydrogens (tertiary/aromatic N) is 2. The Hall–Kier alpha value is -3.39. The minimum Gasteiger partial charge on any atom is -0.300 e. The van der Waals surface area contributed by atoms with E-state index in [9.17, 15) is 0 Å². The van der Waals surface area contributed by atoms with Crippen LogP contribution in [0.5, 0.6) is 0 Å². The smallest absolute Gasteiger partial charge is 0.144 e. The Morgan fingerprint density at radius 2 is 1.50 bits per heavy atom. The topological polar surface area (TPSA) is 17.8 Å². The highest BCUT2D eigenvalue weighted by atomic mass is 15.1. The van der Waals surface area contributed by atoms with Gasteiger partial charge in [-0.3, -0.25) is 4.57 Å². The maximum absolute atomic E-state index is 4.77. The molecule has 172 valence electrons. The van der Waals surface area contributed by atoms with E-state index in [4.69, 9.17) is 4.98 Å². The van der Waals surface area contributed by atoms with Crippen LogP contribution in [0.2, 0.25) is 0 Å². The molecule has 1 unspecified atom stereocenters. The minimum absolute atomic E-state index is 0.432. The predicted octanol–water partition coefficient (Wildman–Crippen LogP) is 8.43. The standard InChI is InChI=1S/C32H34N2/c1-22(2)29-20-28(27-16-15-26(19-27)24-11-7-5-8-12-24)21-30(23(3)4)31(29)34-18-17-33-32(34)25-13-9-6-10-14-25/h5-18,20,22-23,28H,19,21H2,1-4H3. The van der Waals surface area contributed by atoms with Gasteiger partial charge in [-0.05, 0) is 47.0 Å². The molecule has 34 heavy (non-hydrogen) atoms. The Balaban J connectivity index is 1.52. The third-order valence-electron chi connectivity index (χ3n) is 7.14. The zero-order chi connectivity index (χ0) is 23.7. The van der Waals surface area contributed by atoms with E-state index < -0.39 is 0 Å². The van der Waals surface area contributed by atoms with E-state index in [-0.39, 0.29) is 0 Å². The van der Waals surface area contributed by atoms with Crippen LogP contribution in [-0.2, 0) is 0 Å². The number of hydrogen-bond acceptors (Lipinski definition) is 1. The molecule has 1 heterocycles. The molecule has 0 saturated heterocycles. The maximum atomic E-state index is 4.77. The molecule has 2 heteroatoms. The number of imidazole rings is 1. The predicted molar refractivity (Wildman–Crippen MR) is 144 cm³/mol. The molecule has 0 bridgehead atoms. The summed E-state index contributed by atoms with van der Waals surface area (Å²) in [5.41, 5.74) is 9.77. The van der Waals surface area contributed by atoms with E-state index in [1.54, 1.807) is 0 Å². The quantitative estimate of drug-likeness (QED) is 0.371. The normalized spacial score (nSPS) is 18.4. The van der Waals surface area contributed by atoms with Gasteiger partial charge >= 0.3 is 0 Å². The lowest BCUT2D eigenvalue weighted by Gasteiger charge is -2.33. The third kappa shape index (κ3) is 4.25. The van der Waals surface area contributed by atoms with Gasteiger partial charge in [0.1, 0.15) is 5.82 Å². The van der Waals surface area contributed by atoms with Crippen LogP contribution in [0.25, 0.3) is 22.7 Å². The van der Waals surface area contributed by atoms with Gasteiger partial charge in [0.15, 0.2) is 0 Å². The Bertz CT molecular complexity index is 1280.